The number of hydrogen-bond donors (Lipinski definition) is 1. The third kappa shape index (κ3) is 4.12. The summed E-state index contributed by atoms with van der Waals surface area (Å²) in [5, 5.41) is 11.4. The Labute approximate surface area is 174 Å². The van der Waals surface area contributed by atoms with Gasteiger partial charge < -0.3 is 14.7 Å². The van der Waals surface area contributed by atoms with Crippen LogP contribution in [-0.4, -0.2) is 39.8 Å². The van der Waals surface area contributed by atoms with Crippen molar-refractivity contribution in [2.45, 2.75) is 32.7 Å². The summed E-state index contributed by atoms with van der Waals surface area (Å²) >= 11 is 6.14. The maximum absolute atomic E-state index is 12.9. The normalized spacial score (nSPS) is 18.3. The highest BCUT2D eigenvalue weighted by Gasteiger charge is 2.45. The molecule has 0 spiro atoms. The van der Waals surface area contributed by atoms with E-state index in [9.17, 15) is 14.7 Å². The van der Waals surface area contributed by atoms with Gasteiger partial charge in [-0.2, -0.15) is 0 Å². The molecular weight excluding hydrogens is 392 g/mol. The monoisotopic (exact) mass is 414 g/mol. The van der Waals surface area contributed by atoms with E-state index in [2.05, 4.69) is 4.98 Å². The first-order chi connectivity index (χ1) is 14.0. The number of nitrogens with zero attached hydrogens (tertiary/aromatic N) is 2. The van der Waals surface area contributed by atoms with Crippen LogP contribution in [0.5, 0.6) is 5.75 Å². The molecule has 1 N–H and O–H groups in total. The van der Waals surface area contributed by atoms with Crippen molar-refractivity contribution in [2.24, 2.45) is 0 Å². The molecule has 7 heteroatoms. The lowest BCUT2D eigenvalue weighted by molar-refractivity contribution is -0.139. The molecular formula is C22H23ClN2O4. The maximum atomic E-state index is 12.9. The molecule has 1 amide bonds. The minimum atomic E-state index is -0.701. The van der Waals surface area contributed by atoms with E-state index in [1.165, 1.54) is 4.90 Å². The van der Waals surface area contributed by atoms with E-state index in [4.69, 9.17) is 16.3 Å². The minimum Gasteiger partial charge on any atom is -0.507 e. The van der Waals surface area contributed by atoms with Crippen molar-refractivity contribution in [1.29, 1.82) is 0 Å². The van der Waals surface area contributed by atoms with Gasteiger partial charge in [0.2, 0.25) is 0 Å². The quantitative estimate of drug-likeness (QED) is 0.413. The zero-order valence-electron chi connectivity index (χ0n) is 16.4. The molecule has 1 unspecified atom stereocenters. The molecule has 1 aliphatic heterocycles. The van der Waals surface area contributed by atoms with Crippen molar-refractivity contribution >= 4 is 29.1 Å². The van der Waals surface area contributed by atoms with Crippen molar-refractivity contribution in [3.8, 4) is 5.75 Å². The van der Waals surface area contributed by atoms with Crippen LogP contribution in [0.25, 0.3) is 5.76 Å². The number of ether oxygens (including phenoxy) is 1. The van der Waals surface area contributed by atoms with Crippen molar-refractivity contribution in [2.75, 3.05) is 13.2 Å². The number of likely N-dealkylation sites (tertiary alicyclic amines) is 1. The highest BCUT2D eigenvalue weighted by Crippen LogP contribution is 2.40. The fourth-order valence-corrected chi connectivity index (χ4v) is 3.58. The Kier molecular flexibility index (Phi) is 6.54. The molecule has 0 radical (unpaired) electrons. The molecule has 2 aromatic rings. The molecule has 1 saturated heterocycles. The van der Waals surface area contributed by atoms with Gasteiger partial charge in [-0.05, 0) is 49.2 Å². The fraction of sp³-hybridized carbons (Fsp3) is 0.318. The van der Waals surface area contributed by atoms with E-state index < -0.39 is 17.7 Å². The van der Waals surface area contributed by atoms with Gasteiger partial charge in [0.05, 0.1) is 23.2 Å². The number of hydrogen-bond acceptors (Lipinski definition) is 5. The lowest BCUT2D eigenvalue weighted by Gasteiger charge is -2.25. The van der Waals surface area contributed by atoms with Crippen LogP contribution in [0.3, 0.4) is 0 Å². The van der Waals surface area contributed by atoms with Crippen LogP contribution in [0.4, 0.5) is 0 Å². The van der Waals surface area contributed by atoms with Gasteiger partial charge in [-0.1, -0.05) is 24.9 Å². The standard InChI is InChI=1S/C22H23ClN2O4/c1-3-5-12-25-19(14-8-10-24-11-9-14)18(21(27)22(25)28)20(26)15-6-7-16(23)17(13-15)29-4-2/h6-11,13,19,26H,3-5,12H2,1-2H3/b20-18-. The first kappa shape index (κ1) is 20.9. The molecule has 152 valence electrons. The number of aliphatic hydroxyl groups is 1. The van der Waals surface area contributed by atoms with Crippen molar-refractivity contribution in [3.05, 3.63) is 64.4 Å². The predicted octanol–water partition coefficient (Wildman–Crippen LogP) is 4.36. The van der Waals surface area contributed by atoms with Crippen molar-refractivity contribution in [3.63, 3.8) is 0 Å². The summed E-state index contributed by atoms with van der Waals surface area (Å²) in [7, 11) is 0. The molecule has 1 atom stereocenters. The van der Waals surface area contributed by atoms with Crippen LogP contribution in [0, 0.1) is 0 Å². The number of pyridine rings is 1. The van der Waals surface area contributed by atoms with E-state index >= 15 is 0 Å². The van der Waals surface area contributed by atoms with Gasteiger partial charge in [0.1, 0.15) is 11.5 Å². The van der Waals surface area contributed by atoms with Crippen LogP contribution in [0.2, 0.25) is 5.02 Å². The fourth-order valence-electron chi connectivity index (χ4n) is 3.40. The Morgan fingerprint density at radius 2 is 1.93 bits per heavy atom. The predicted molar refractivity (Wildman–Crippen MR) is 111 cm³/mol. The first-order valence-electron chi connectivity index (χ1n) is 9.60. The number of halogens is 1. The summed E-state index contributed by atoms with van der Waals surface area (Å²) < 4.78 is 5.49. The van der Waals surface area contributed by atoms with Gasteiger partial charge in [-0.25, -0.2) is 0 Å². The second kappa shape index (κ2) is 9.09. The Morgan fingerprint density at radius 1 is 1.21 bits per heavy atom. The summed E-state index contributed by atoms with van der Waals surface area (Å²) in [5.74, 6) is -1.16. The van der Waals surface area contributed by atoms with Gasteiger partial charge in [0.25, 0.3) is 11.7 Å². The molecule has 1 aliphatic rings. The van der Waals surface area contributed by atoms with E-state index in [0.29, 0.717) is 29.5 Å². The highest BCUT2D eigenvalue weighted by atomic mass is 35.5. The summed E-state index contributed by atoms with van der Waals surface area (Å²) in [5.41, 5.74) is 1.14. The molecule has 3 rings (SSSR count). The Morgan fingerprint density at radius 3 is 2.59 bits per heavy atom. The average Bonchev–Trinajstić information content (AvgIpc) is 2.98. The van der Waals surface area contributed by atoms with Crippen LogP contribution < -0.4 is 4.74 Å². The van der Waals surface area contributed by atoms with Gasteiger partial charge in [0, 0.05) is 24.5 Å². The average molecular weight is 415 g/mol. The Hall–Kier alpha value is -2.86. The molecule has 1 fully saturated rings. The second-order valence-electron chi connectivity index (χ2n) is 6.70. The van der Waals surface area contributed by atoms with Gasteiger partial charge in [-0.3, -0.25) is 14.6 Å². The van der Waals surface area contributed by atoms with Crippen molar-refractivity contribution < 1.29 is 19.4 Å². The van der Waals surface area contributed by atoms with Crippen LogP contribution in [0.15, 0.2) is 48.3 Å². The third-order valence-electron chi connectivity index (χ3n) is 4.82. The molecule has 0 aliphatic carbocycles. The third-order valence-corrected chi connectivity index (χ3v) is 5.13. The molecule has 6 nitrogen and oxygen atoms in total. The number of unbranched alkanes of at least 4 members (excludes halogenated alkanes) is 1. The lowest BCUT2D eigenvalue weighted by Crippen LogP contribution is -2.30. The number of aliphatic hydroxyl groups excluding tert-OH is 1. The molecule has 1 aromatic heterocycles. The molecule has 2 heterocycles. The molecule has 0 saturated carbocycles. The Bertz CT molecular complexity index is 943. The Balaban J connectivity index is 2.14. The number of ketones is 1. The summed E-state index contributed by atoms with van der Waals surface area (Å²) in [6.07, 6.45) is 4.83. The van der Waals surface area contributed by atoms with Crippen LogP contribution in [0.1, 0.15) is 43.9 Å². The van der Waals surface area contributed by atoms with Crippen LogP contribution >= 0.6 is 11.6 Å². The topological polar surface area (TPSA) is 79.7 Å². The zero-order valence-corrected chi connectivity index (χ0v) is 17.1. The van der Waals surface area contributed by atoms with Gasteiger partial charge in [-0.15, -0.1) is 0 Å². The summed E-state index contributed by atoms with van der Waals surface area (Å²) in [6, 6.07) is 7.59. The second-order valence-corrected chi connectivity index (χ2v) is 7.11. The number of benzene rings is 1. The minimum absolute atomic E-state index is 0.0575. The van der Waals surface area contributed by atoms with E-state index in [1.807, 2.05) is 13.8 Å². The van der Waals surface area contributed by atoms with E-state index in [-0.39, 0.29) is 11.3 Å². The van der Waals surface area contributed by atoms with Crippen LogP contribution in [-0.2, 0) is 9.59 Å². The molecule has 1 aromatic carbocycles. The number of carbonyl (C=O) groups excluding carboxylic acids is 2. The van der Waals surface area contributed by atoms with Gasteiger partial charge in [0.15, 0.2) is 0 Å². The maximum Gasteiger partial charge on any atom is 0.295 e. The number of aromatic nitrogens is 1. The number of amides is 1. The van der Waals surface area contributed by atoms with E-state index in [0.717, 1.165) is 18.4 Å². The van der Waals surface area contributed by atoms with Crippen molar-refractivity contribution in [1.82, 2.24) is 9.88 Å². The van der Waals surface area contributed by atoms with Gasteiger partial charge >= 0.3 is 0 Å². The first-order valence-corrected chi connectivity index (χ1v) is 9.98. The SMILES string of the molecule is CCCCN1C(=O)C(=O)/C(=C(\O)c2ccc(Cl)c(OCC)c2)C1c1ccncc1. The zero-order chi connectivity index (χ0) is 21.0. The van der Waals surface area contributed by atoms with E-state index in [1.54, 1.807) is 42.7 Å². The smallest absolute Gasteiger partial charge is 0.295 e. The number of rotatable bonds is 7. The molecule has 0 bridgehead atoms. The largest absolute Gasteiger partial charge is 0.507 e. The highest BCUT2D eigenvalue weighted by molar-refractivity contribution is 6.46. The molecule has 29 heavy (non-hydrogen) atoms. The number of Topliss-reactive ketones (excluding diaryl/α,β-unsaturated/α-hetero) is 1. The number of carbonyl (C=O) groups is 2. The summed E-state index contributed by atoms with van der Waals surface area (Å²) in [6.45, 7) is 4.67. The summed E-state index contributed by atoms with van der Waals surface area (Å²) in [4.78, 5) is 31.1. The lowest BCUT2D eigenvalue weighted by atomic mass is 9.96.